The van der Waals surface area contributed by atoms with Gasteiger partial charge in [-0.05, 0) is 19.3 Å². The van der Waals surface area contributed by atoms with Crippen LogP contribution in [0, 0.1) is 5.92 Å². The van der Waals surface area contributed by atoms with E-state index in [4.69, 9.17) is 21.4 Å². The summed E-state index contributed by atoms with van der Waals surface area (Å²) in [6.07, 6.45) is 2.59. The van der Waals surface area contributed by atoms with Gasteiger partial charge in [0.25, 0.3) is 0 Å². The first-order valence-electron chi connectivity index (χ1n) is 5.44. The molecule has 0 aliphatic rings. The van der Waals surface area contributed by atoms with Crippen molar-refractivity contribution in [3.63, 3.8) is 0 Å². The number of ether oxygens (including phenoxy) is 1. The first-order valence-corrected chi connectivity index (χ1v) is 5.82. The number of aliphatic hydroxyl groups is 1. The van der Waals surface area contributed by atoms with Crippen LogP contribution in [0.15, 0.2) is 12.3 Å². The molecule has 0 amide bonds. The average molecular weight is 244 g/mol. The van der Waals surface area contributed by atoms with E-state index < -0.39 is 0 Å². The molecule has 1 aromatic rings. The van der Waals surface area contributed by atoms with Gasteiger partial charge in [0, 0.05) is 17.8 Å². The van der Waals surface area contributed by atoms with Crippen LogP contribution in [0.5, 0.6) is 5.88 Å². The van der Waals surface area contributed by atoms with E-state index in [1.54, 1.807) is 6.07 Å². The zero-order valence-corrected chi connectivity index (χ0v) is 10.7. The Bertz CT molecular complexity index is 342. The van der Waals surface area contributed by atoms with Crippen LogP contribution >= 0.6 is 11.6 Å². The third kappa shape index (κ3) is 3.99. The minimum Gasteiger partial charge on any atom is -0.475 e. The summed E-state index contributed by atoms with van der Waals surface area (Å²) in [5.41, 5.74) is 0.642. The summed E-state index contributed by atoms with van der Waals surface area (Å²) in [4.78, 5) is 4.07. The van der Waals surface area contributed by atoms with E-state index in [0.717, 1.165) is 6.42 Å². The highest BCUT2D eigenvalue weighted by atomic mass is 35.5. The number of halogens is 1. The Kier molecular flexibility index (Phi) is 5.03. The quantitative estimate of drug-likeness (QED) is 0.864. The second kappa shape index (κ2) is 6.06. The Morgan fingerprint density at radius 1 is 1.44 bits per heavy atom. The molecule has 0 aliphatic heterocycles. The number of nitrogens with zero attached hydrogens (tertiary/aromatic N) is 1. The Balaban J connectivity index is 2.67. The van der Waals surface area contributed by atoms with Crippen LogP contribution in [0.25, 0.3) is 0 Å². The van der Waals surface area contributed by atoms with Crippen LogP contribution in [0.4, 0.5) is 0 Å². The van der Waals surface area contributed by atoms with E-state index in [2.05, 4.69) is 18.8 Å². The number of pyridine rings is 1. The molecule has 0 bridgehead atoms. The summed E-state index contributed by atoms with van der Waals surface area (Å²) in [6, 6.07) is 1.68. The zero-order valence-electron chi connectivity index (χ0n) is 9.90. The summed E-state index contributed by atoms with van der Waals surface area (Å²) >= 11 is 5.84. The van der Waals surface area contributed by atoms with E-state index in [-0.39, 0.29) is 12.7 Å². The molecular formula is C12H18ClNO2. The number of rotatable bonds is 5. The number of hydrogen-bond donors (Lipinski definition) is 1. The molecule has 0 radical (unpaired) electrons. The van der Waals surface area contributed by atoms with E-state index in [9.17, 15) is 0 Å². The Morgan fingerprint density at radius 2 is 2.12 bits per heavy atom. The lowest BCUT2D eigenvalue weighted by Crippen LogP contribution is -2.15. The molecule has 1 heterocycles. The molecule has 1 unspecified atom stereocenters. The van der Waals surface area contributed by atoms with Gasteiger partial charge in [-0.2, -0.15) is 0 Å². The van der Waals surface area contributed by atoms with Gasteiger partial charge >= 0.3 is 0 Å². The summed E-state index contributed by atoms with van der Waals surface area (Å²) in [5, 5.41) is 9.52. The molecule has 0 fully saturated rings. The lowest BCUT2D eigenvalue weighted by atomic mass is 10.1. The fourth-order valence-electron chi connectivity index (χ4n) is 1.56. The second-order valence-electron chi connectivity index (χ2n) is 4.33. The van der Waals surface area contributed by atoms with Crippen LogP contribution in [-0.2, 0) is 6.61 Å². The van der Waals surface area contributed by atoms with Crippen LogP contribution in [0.3, 0.4) is 0 Å². The van der Waals surface area contributed by atoms with Crippen molar-refractivity contribution in [3.05, 3.63) is 22.8 Å². The van der Waals surface area contributed by atoms with E-state index >= 15 is 0 Å². The van der Waals surface area contributed by atoms with Crippen molar-refractivity contribution < 1.29 is 9.84 Å². The molecule has 1 aromatic heterocycles. The largest absolute Gasteiger partial charge is 0.475 e. The molecule has 1 N–H and O–H groups in total. The van der Waals surface area contributed by atoms with Crippen LogP contribution in [0.1, 0.15) is 32.8 Å². The topological polar surface area (TPSA) is 42.4 Å². The van der Waals surface area contributed by atoms with Crippen molar-refractivity contribution in [2.75, 3.05) is 0 Å². The van der Waals surface area contributed by atoms with Crippen LogP contribution in [0.2, 0.25) is 5.02 Å². The zero-order chi connectivity index (χ0) is 12.1. The molecule has 0 aromatic carbocycles. The minimum atomic E-state index is -0.101. The highest BCUT2D eigenvalue weighted by Crippen LogP contribution is 2.20. The monoisotopic (exact) mass is 243 g/mol. The maximum absolute atomic E-state index is 9.05. The molecule has 0 spiro atoms. The highest BCUT2D eigenvalue weighted by molar-refractivity contribution is 6.31. The number of aromatic nitrogens is 1. The fourth-order valence-corrected chi connectivity index (χ4v) is 1.73. The Morgan fingerprint density at radius 3 is 2.69 bits per heavy atom. The number of hydrogen-bond acceptors (Lipinski definition) is 3. The van der Waals surface area contributed by atoms with E-state index in [1.165, 1.54) is 6.20 Å². The predicted octanol–water partition coefficient (Wildman–Crippen LogP) is 3.04. The summed E-state index contributed by atoms with van der Waals surface area (Å²) in [5.74, 6) is 1.10. The van der Waals surface area contributed by atoms with Gasteiger partial charge in [0.1, 0.15) is 0 Å². The van der Waals surface area contributed by atoms with Crippen molar-refractivity contribution in [3.8, 4) is 5.88 Å². The highest BCUT2D eigenvalue weighted by Gasteiger charge is 2.09. The minimum absolute atomic E-state index is 0.101. The second-order valence-corrected chi connectivity index (χ2v) is 4.74. The first kappa shape index (κ1) is 13.3. The molecule has 3 nitrogen and oxygen atoms in total. The van der Waals surface area contributed by atoms with Gasteiger partial charge in [0.15, 0.2) is 0 Å². The van der Waals surface area contributed by atoms with Gasteiger partial charge < -0.3 is 9.84 Å². The van der Waals surface area contributed by atoms with Gasteiger partial charge in [0.2, 0.25) is 5.88 Å². The summed E-state index contributed by atoms with van der Waals surface area (Å²) < 4.78 is 5.64. The van der Waals surface area contributed by atoms with Gasteiger partial charge in [0.05, 0.1) is 17.7 Å². The van der Waals surface area contributed by atoms with E-state index in [1.807, 2.05) is 6.92 Å². The SMILES string of the molecule is CC(C)CC(C)Oc1cc(CO)c(Cl)cn1. The lowest BCUT2D eigenvalue weighted by Gasteiger charge is -2.16. The Hall–Kier alpha value is -0.800. The maximum Gasteiger partial charge on any atom is 0.213 e. The Labute approximate surface area is 101 Å². The number of aliphatic hydroxyl groups excluding tert-OH is 1. The third-order valence-electron chi connectivity index (χ3n) is 2.21. The molecule has 0 aliphatic carbocycles. The summed E-state index contributed by atoms with van der Waals surface area (Å²) in [7, 11) is 0. The van der Waals surface area contributed by atoms with Crippen molar-refractivity contribution in [2.24, 2.45) is 5.92 Å². The van der Waals surface area contributed by atoms with Crippen molar-refractivity contribution in [1.82, 2.24) is 4.98 Å². The first-order chi connectivity index (χ1) is 7.52. The van der Waals surface area contributed by atoms with Gasteiger partial charge in [-0.1, -0.05) is 25.4 Å². The molecule has 4 heteroatoms. The third-order valence-corrected chi connectivity index (χ3v) is 2.55. The standard InChI is InChI=1S/C12H18ClNO2/c1-8(2)4-9(3)16-12-5-10(7-15)11(13)6-14-12/h5-6,8-9,15H,4,7H2,1-3H3. The van der Waals surface area contributed by atoms with Crippen LogP contribution < -0.4 is 4.74 Å². The van der Waals surface area contributed by atoms with Gasteiger partial charge in [-0.25, -0.2) is 4.98 Å². The van der Waals surface area contributed by atoms with Gasteiger partial charge in [-0.15, -0.1) is 0 Å². The molecule has 16 heavy (non-hydrogen) atoms. The molecular weight excluding hydrogens is 226 g/mol. The molecule has 90 valence electrons. The molecule has 0 saturated carbocycles. The predicted molar refractivity (Wildman–Crippen MR) is 64.7 cm³/mol. The molecule has 1 atom stereocenters. The molecule has 1 rings (SSSR count). The van der Waals surface area contributed by atoms with Crippen LogP contribution in [-0.4, -0.2) is 16.2 Å². The molecule has 0 saturated heterocycles. The van der Waals surface area contributed by atoms with Crippen molar-refractivity contribution >= 4 is 11.6 Å². The normalized spacial score (nSPS) is 12.9. The van der Waals surface area contributed by atoms with Gasteiger partial charge in [-0.3, -0.25) is 0 Å². The maximum atomic E-state index is 9.05. The van der Waals surface area contributed by atoms with Crippen molar-refractivity contribution in [1.29, 1.82) is 0 Å². The smallest absolute Gasteiger partial charge is 0.213 e. The lowest BCUT2D eigenvalue weighted by molar-refractivity contribution is 0.185. The van der Waals surface area contributed by atoms with Crippen molar-refractivity contribution in [2.45, 2.75) is 39.9 Å². The average Bonchev–Trinajstić information content (AvgIpc) is 2.19. The fraction of sp³-hybridized carbons (Fsp3) is 0.583. The van der Waals surface area contributed by atoms with E-state index in [0.29, 0.717) is 22.4 Å². The summed E-state index contributed by atoms with van der Waals surface area (Å²) in [6.45, 7) is 6.20.